The molecule has 2 aromatic heterocycles. The van der Waals surface area contributed by atoms with E-state index in [1.807, 2.05) is 6.07 Å². The summed E-state index contributed by atoms with van der Waals surface area (Å²) in [4.78, 5) is 11.0. The molecule has 0 bridgehead atoms. The van der Waals surface area contributed by atoms with Gasteiger partial charge in [-0.2, -0.15) is 5.10 Å². The predicted octanol–water partition coefficient (Wildman–Crippen LogP) is 2.69. The lowest BCUT2D eigenvalue weighted by atomic mass is 10.00. The van der Waals surface area contributed by atoms with E-state index in [9.17, 15) is 0 Å². The number of hydrogen-bond donors (Lipinski definition) is 1. The molecule has 0 spiro atoms. The molecule has 3 rings (SSSR count). The summed E-state index contributed by atoms with van der Waals surface area (Å²) in [6, 6.07) is 2.34. The number of aromatic nitrogens is 4. The topological polar surface area (TPSA) is 57.7 Å². The second-order valence-electron chi connectivity index (χ2n) is 4.42. The van der Waals surface area contributed by atoms with Gasteiger partial charge in [0, 0.05) is 25.1 Å². The monoisotopic (exact) mass is 307 g/mol. The van der Waals surface area contributed by atoms with Gasteiger partial charge in [-0.15, -0.1) is 0 Å². The third-order valence-corrected chi connectivity index (χ3v) is 3.66. The molecular weight excluding hydrogens is 294 g/mol. The van der Waals surface area contributed by atoms with Crippen LogP contribution in [0.5, 0.6) is 0 Å². The molecule has 0 amide bonds. The Labute approximate surface area is 114 Å². The van der Waals surface area contributed by atoms with Crippen LogP contribution in [-0.4, -0.2) is 26.7 Å². The van der Waals surface area contributed by atoms with Crippen LogP contribution in [0.25, 0.3) is 0 Å². The summed E-state index contributed by atoms with van der Waals surface area (Å²) in [7, 11) is 0. The van der Waals surface area contributed by atoms with Crippen LogP contribution in [-0.2, 0) is 0 Å². The quantitative estimate of drug-likeness (QED) is 0.927. The van der Waals surface area contributed by atoms with Crippen molar-refractivity contribution in [2.45, 2.75) is 25.3 Å². The summed E-state index contributed by atoms with van der Waals surface area (Å²) in [5.74, 6) is 0.789. The molecule has 0 aromatic carbocycles. The first-order valence-corrected chi connectivity index (χ1v) is 6.87. The van der Waals surface area contributed by atoms with Crippen molar-refractivity contribution < 1.29 is 0 Å². The number of aromatic amines is 1. The highest BCUT2D eigenvalue weighted by molar-refractivity contribution is 9.10. The van der Waals surface area contributed by atoms with Crippen molar-refractivity contribution in [3.8, 4) is 0 Å². The zero-order valence-corrected chi connectivity index (χ0v) is 11.5. The van der Waals surface area contributed by atoms with Gasteiger partial charge in [-0.05, 0) is 41.3 Å². The van der Waals surface area contributed by atoms with Gasteiger partial charge in [0.2, 0.25) is 5.95 Å². The number of H-pyrrole nitrogens is 1. The summed E-state index contributed by atoms with van der Waals surface area (Å²) < 4.78 is 0.904. The van der Waals surface area contributed by atoms with Crippen molar-refractivity contribution in [1.29, 1.82) is 0 Å². The number of anilines is 1. The Hall–Kier alpha value is -1.43. The molecule has 1 unspecified atom stereocenters. The lowest BCUT2D eigenvalue weighted by molar-refractivity contribution is 0.457. The minimum Gasteiger partial charge on any atom is -0.332 e. The molecule has 1 N–H and O–H groups in total. The molecule has 6 heteroatoms. The van der Waals surface area contributed by atoms with Crippen LogP contribution >= 0.6 is 15.9 Å². The van der Waals surface area contributed by atoms with E-state index >= 15 is 0 Å². The SMILES string of the molecule is Brc1cnc(N2CCCCC2c2ccn[nH]2)nc1. The fraction of sp³-hybridized carbons (Fsp3) is 0.417. The van der Waals surface area contributed by atoms with Crippen molar-refractivity contribution in [3.63, 3.8) is 0 Å². The molecular formula is C12H14BrN5. The lowest BCUT2D eigenvalue weighted by Crippen LogP contribution is -2.34. The third-order valence-electron chi connectivity index (χ3n) is 3.25. The fourth-order valence-corrected chi connectivity index (χ4v) is 2.61. The zero-order chi connectivity index (χ0) is 12.4. The molecule has 1 fully saturated rings. The molecule has 0 radical (unpaired) electrons. The van der Waals surface area contributed by atoms with Crippen molar-refractivity contribution >= 4 is 21.9 Å². The van der Waals surface area contributed by atoms with Gasteiger partial charge >= 0.3 is 0 Å². The van der Waals surface area contributed by atoms with E-state index in [-0.39, 0.29) is 0 Å². The van der Waals surface area contributed by atoms with E-state index in [2.05, 4.69) is 41.0 Å². The second-order valence-corrected chi connectivity index (χ2v) is 5.33. The maximum atomic E-state index is 4.40. The normalized spacial score (nSPS) is 20.1. The number of piperidine rings is 1. The Balaban J connectivity index is 1.90. The Morgan fingerprint density at radius 3 is 2.83 bits per heavy atom. The lowest BCUT2D eigenvalue weighted by Gasteiger charge is -2.34. The maximum Gasteiger partial charge on any atom is 0.225 e. The Bertz CT molecular complexity index is 496. The molecule has 5 nitrogen and oxygen atoms in total. The number of nitrogens with zero attached hydrogens (tertiary/aromatic N) is 4. The first kappa shape index (κ1) is 11.6. The Morgan fingerprint density at radius 1 is 1.28 bits per heavy atom. The minimum absolute atomic E-state index is 0.308. The number of hydrogen-bond acceptors (Lipinski definition) is 4. The van der Waals surface area contributed by atoms with E-state index in [1.165, 1.54) is 12.8 Å². The number of halogens is 1. The van der Waals surface area contributed by atoms with Gasteiger partial charge in [-0.25, -0.2) is 9.97 Å². The smallest absolute Gasteiger partial charge is 0.225 e. The van der Waals surface area contributed by atoms with Gasteiger partial charge in [0.05, 0.1) is 16.2 Å². The third kappa shape index (κ3) is 2.25. The molecule has 2 aromatic rings. The highest BCUT2D eigenvalue weighted by Gasteiger charge is 2.26. The van der Waals surface area contributed by atoms with Crippen molar-refractivity contribution in [1.82, 2.24) is 20.2 Å². The fourth-order valence-electron chi connectivity index (χ4n) is 2.40. The van der Waals surface area contributed by atoms with Gasteiger partial charge in [0.1, 0.15) is 0 Å². The predicted molar refractivity (Wildman–Crippen MR) is 72.3 cm³/mol. The van der Waals surface area contributed by atoms with E-state index in [0.717, 1.165) is 29.1 Å². The second kappa shape index (κ2) is 5.06. The van der Waals surface area contributed by atoms with Crippen molar-refractivity contribution in [3.05, 3.63) is 34.8 Å². The van der Waals surface area contributed by atoms with Crippen LogP contribution in [0.15, 0.2) is 29.1 Å². The zero-order valence-electron chi connectivity index (χ0n) is 9.88. The van der Waals surface area contributed by atoms with Crippen LogP contribution in [0.3, 0.4) is 0 Å². The molecule has 1 aliphatic heterocycles. The highest BCUT2D eigenvalue weighted by atomic mass is 79.9. The largest absolute Gasteiger partial charge is 0.332 e. The van der Waals surface area contributed by atoms with Crippen molar-refractivity contribution in [2.24, 2.45) is 0 Å². The standard InChI is InChI=1S/C12H14BrN5/c13-9-7-14-12(15-8-9)18-6-2-1-3-11(18)10-4-5-16-17-10/h4-5,7-8,11H,1-3,6H2,(H,16,17). The van der Waals surface area contributed by atoms with Crippen LogP contribution in [0.2, 0.25) is 0 Å². The first-order chi connectivity index (χ1) is 8.84. The van der Waals surface area contributed by atoms with E-state index in [4.69, 9.17) is 0 Å². The van der Waals surface area contributed by atoms with Crippen LogP contribution in [0.1, 0.15) is 31.0 Å². The number of rotatable bonds is 2. The minimum atomic E-state index is 0.308. The summed E-state index contributed by atoms with van der Waals surface area (Å²) >= 11 is 3.36. The molecule has 0 saturated carbocycles. The van der Waals surface area contributed by atoms with Crippen LogP contribution in [0, 0.1) is 0 Å². The van der Waals surface area contributed by atoms with Gasteiger partial charge in [0.25, 0.3) is 0 Å². The molecule has 18 heavy (non-hydrogen) atoms. The average Bonchev–Trinajstić information content (AvgIpc) is 2.93. The van der Waals surface area contributed by atoms with Gasteiger partial charge in [-0.3, -0.25) is 5.10 Å². The number of nitrogens with one attached hydrogen (secondary N) is 1. The Morgan fingerprint density at radius 2 is 2.11 bits per heavy atom. The Kier molecular flexibility index (Phi) is 3.27. The summed E-state index contributed by atoms with van der Waals surface area (Å²) in [6.45, 7) is 0.991. The summed E-state index contributed by atoms with van der Waals surface area (Å²) in [6.07, 6.45) is 8.91. The van der Waals surface area contributed by atoms with Gasteiger partial charge < -0.3 is 4.90 Å². The first-order valence-electron chi connectivity index (χ1n) is 6.08. The molecule has 1 atom stereocenters. The van der Waals surface area contributed by atoms with Gasteiger partial charge in [-0.1, -0.05) is 0 Å². The average molecular weight is 308 g/mol. The molecule has 0 aliphatic carbocycles. The molecule has 1 saturated heterocycles. The van der Waals surface area contributed by atoms with Crippen LogP contribution in [0.4, 0.5) is 5.95 Å². The van der Waals surface area contributed by atoms with E-state index < -0.39 is 0 Å². The molecule has 94 valence electrons. The molecule has 3 heterocycles. The van der Waals surface area contributed by atoms with E-state index in [1.54, 1.807) is 18.6 Å². The van der Waals surface area contributed by atoms with Gasteiger partial charge in [0.15, 0.2) is 0 Å². The maximum absolute atomic E-state index is 4.40. The highest BCUT2D eigenvalue weighted by Crippen LogP contribution is 2.32. The molecule has 1 aliphatic rings. The van der Waals surface area contributed by atoms with Crippen molar-refractivity contribution in [2.75, 3.05) is 11.4 Å². The van der Waals surface area contributed by atoms with E-state index in [0.29, 0.717) is 6.04 Å². The summed E-state index contributed by atoms with van der Waals surface area (Å²) in [5, 5.41) is 7.10. The van der Waals surface area contributed by atoms with Crippen LogP contribution < -0.4 is 4.90 Å². The summed E-state index contributed by atoms with van der Waals surface area (Å²) in [5.41, 5.74) is 1.14.